The van der Waals surface area contributed by atoms with Gasteiger partial charge in [-0.05, 0) is 0 Å². The maximum atomic E-state index is 9.03. The van der Waals surface area contributed by atoms with Gasteiger partial charge in [-0.2, -0.15) is 0 Å². The molecule has 7 heteroatoms. The van der Waals surface area contributed by atoms with Crippen LogP contribution in [-0.4, -0.2) is 5.11 Å². The summed E-state index contributed by atoms with van der Waals surface area (Å²) in [6.45, 7) is -0.368. The molecule has 0 saturated heterocycles. The van der Waals surface area contributed by atoms with Crippen molar-refractivity contribution in [2.24, 2.45) is 0 Å². The number of aliphatic hydroxyl groups excluding tert-OH is 1. The minimum absolute atomic E-state index is 0.102. The number of rotatable bonds is 2. The van der Waals surface area contributed by atoms with Crippen molar-refractivity contribution in [3.05, 3.63) is 31.2 Å². The first-order valence-corrected chi connectivity index (χ1v) is 6.04. The van der Waals surface area contributed by atoms with Crippen molar-refractivity contribution < 1.29 is 5.11 Å². The first kappa shape index (κ1) is 14.0. The highest BCUT2D eigenvalue weighted by Crippen LogP contribution is 2.46. The monoisotopic (exact) mass is 326 g/mol. The number of benzene rings is 1. The lowest BCUT2D eigenvalue weighted by atomic mass is 10.1. The van der Waals surface area contributed by atoms with Gasteiger partial charge in [0.05, 0.1) is 26.7 Å². The van der Waals surface area contributed by atoms with Crippen molar-refractivity contribution in [2.75, 3.05) is 0 Å². The van der Waals surface area contributed by atoms with Crippen LogP contribution in [0.1, 0.15) is 16.0 Å². The van der Waals surface area contributed by atoms with Crippen molar-refractivity contribution >= 4 is 69.6 Å². The number of hydrogen-bond donors (Lipinski definition) is 1. The number of alkyl halides is 2. The van der Waals surface area contributed by atoms with E-state index in [1.807, 2.05) is 0 Å². The fourth-order valence-electron chi connectivity index (χ4n) is 1.02. The van der Waals surface area contributed by atoms with Crippen LogP contribution < -0.4 is 0 Å². The average Bonchev–Trinajstić information content (AvgIpc) is 2.16. The molecule has 0 amide bonds. The van der Waals surface area contributed by atoms with Crippen molar-refractivity contribution in [1.29, 1.82) is 0 Å². The van der Waals surface area contributed by atoms with Crippen molar-refractivity contribution in [3.63, 3.8) is 0 Å². The van der Waals surface area contributed by atoms with Gasteiger partial charge in [-0.25, -0.2) is 0 Å². The topological polar surface area (TPSA) is 20.2 Å². The van der Waals surface area contributed by atoms with Gasteiger partial charge in [-0.1, -0.05) is 69.6 Å². The molecular formula is C8H4Cl6O. The van der Waals surface area contributed by atoms with Gasteiger partial charge in [0.25, 0.3) is 0 Å². The van der Waals surface area contributed by atoms with Crippen molar-refractivity contribution in [2.45, 2.75) is 11.4 Å². The molecule has 0 aliphatic rings. The van der Waals surface area contributed by atoms with Crippen LogP contribution in [0.3, 0.4) is 0 Å². The smallest absolute Gasteiger partial charge is 0.135 e. The SMILES string of the molecule is OCc1c(Cl)c(Cl)c(C(Cl)Cl)c(Cl)c1Cl. The molecule has 1 nitrogen and oxygen atoms in total. The van der Waals surface area contributed by atoms with Gasteiger partial charge in [-0.3, -0.25) is 0 Å². The number of aliphatic hydroxyl groups is 1. The third-order valence-corrected chi connectivity index (χ3v) is 4.01. The summed E-state index contributed by atoms with van der Waals surface area (Å²) in [5.41, 5.74) is 0.500. The third-order valence-electron chi connectivity index (χ3n) is 1.76. The van der Waals surface area contributed by atoms with E-state index in [-0.39, 0.29) is 37.8 Å². The summed E-state index contributed by atoms with van der Waals surface area (Å²) in [6.07, 6.45) is 0. The molecule has 0 unspecified atom stereocenters. The molecule has 0 heterocycles. The maximum Gasteiger partial charge on any atom is 0.135 e. The molecule has 0 saturated carbocycles. The van der Waals surface area contributed by atoms with Gasteiger partial charge >= 0.3 is 0 Å². The Morgan fingerprint density at radius 1 is 0.867 bits per heavy atom. The zero-order valence-corrected chi connectivity index (χ0v) is 11.5. The molecule has 0 atom stereocenters. The Kier molecular flexibility index (Phi) is 5.13. The highest BCUT2D eigenvalue weighted by atomic mass is 35.5. The van der Waals surface area contributed by atoms with Crippen LogP contribution >= 0.6 is 69.6 Å². The first-order valence-electron chi connectivity index (χ1n) is 3.65. The Labute approximate surface area is 117 Å². The maximum absolute atomic E-state index is 9.03. The van der Waals surface area contributed by atoms with E-state index in [1.165, 1.54) is 0 Å². The molecule has 0 aliphatic heterocycles. The second-order valence-corrected chi connectivity index (χ2v) is 5.22. The second kappa shape index (κ2) is 5.50. The van der Waals surface area contributed by atoms with E-state index < -0.39 is 4.84 Å². The Balaban J connectivity index is 3.59. The fraction of sp³-hybridized carbons (Fsp3) is 0.250. The molecule has 1 N–H and O–H groups in total. The lowest BCUT2D eigenvalue weighted by Gasteiger charge is -2.14. The number of hydrogen-bond acceptors (Lipinski definition) is 1. The summed E-state index contributed by atoms with van der Waals surface area (Å²) in [7, 11) is 0. The Hall–Kier alpha value is 0.920. The lowest BCUT2D eigenvalue weighted by molar-refractivity contribution is 0.282. The molecule has 0 aromatic heterocycles. The summed E-state index contributed by atoms with van der Waals surface area (Å²) in [5.74, 6) is 0. The Morgan fingerprint density at radius 3 is 1.53 bits per heavy atom. The third kappa shape index (κ3) is 2.61. The molecule has 84 valence electrons. The molecule has 0 bridgehead atoms. The van der Waals surface area contributed by atoms with Gasteiger partial charge in [0.1, 0.15) is 4.84 Å². The van der Waals surface area contributed by atoms with Crippen LogP contribution in [0.5, 0.6) is 0 Å². The zero-order valence-electron chi connectivity index (χ0n) is 7.00. The van der Waals surface area contributed by atoms with Gasteiger partial charge in [0.2, 0.25) is 0 Å². The van der Waals surface area contributed by atoms with Crippen LogP contribution in [0.4, 0.5) is 0 Å². The highest BCUT2D eigenvalue weighted by molar-refractivity contribution is 6.52. The lowest BCUT2D eigenvalue weighted by Crippen LogP contribution is -1.95. The van der Waals surface area contributed by atoms with Crippen molar-refractivity contribution in [1.82, 2.24) is 0 Å². The molecule has 1 rings (SSSR count). The van der Waals surface area contributed by atoms with Crippen LogP contribution in [0.15, 0.2) is 0 Å². The standard InChI is InChI=1S/C8H4Cl6O/c9-4-2(1-15)5(10)7(12)3(6(4)11)8(13)14/h8,15H,1H2. The second-order valence-electron chi connectivity index (χ2n) is 2.61. The fourth-order valence-corrected chi connectivity index (χ4v) is 2.93. The van der Waals surface area contributed by atoms with Gasteiger partial charge < -0.3 is 5.11 Å². The zero-order chi connectivity index (χ0) is 11.7. The largest absolute Gasteiger partial charge is 0.392 e. The predicted molar refractivity (Wildman–Crippen MR) is 66.9 cm³/mol. The van der Waals surface area contributed by atoms with Gasteiger partial charge in [0, 0.05) is 11.1 Å². The quantitative estimate of drug-likeness (QED) is 0.579. The van der Waals surface area contributed by atoms with E-state index in [1.54, 1.807) is 0 Å². The molecule has 1 aromatic rings. The van der Waals surface area contributed by atoms with Crippen LogP contribution in [0.2, 0.25) is 20.1 Å². The van der Waals surface area contributed by atoms with Crippen LogP contribution in [0.25, 0.3) is 0 Å². The summed E-state index contributed by atoms with van der Waals surface area (Å²) in [4.78, 5) is -0.937. The molecule has 0 radical (unpaired) electrons. The van der Waals surface area contributed by atoms with Crippen LogP contribution in [0, 0.1) is 0 Å². The molecule has 0 aliphatic carbocycles. The minimum atomic E-state index is -0.937. The predicted octanol–water partition coefficient (Wildman–Crippen LogP) is 5.27. The van der Waals surface area contributed by atoms with Crippen molar-refractivity contribution in [3.8, 4) is 0 Å². The molecule has 15 heavy (non-hydrogen) atoms. The summed E-state index contributed by atoms with van der Waals surface area (Å²) in [6, 6.07) is 0. The van der Waals surface area contributed by atoms with Gasteiger partial charge in [0.15, 0.2) is 0 Å². The highest BCUT2D eigenvalue weighted by Gasteiger charge is 2.23. The van der Waals surface area contributed by atoms with E-state index in [0.29, 0.717) is 0 Å². The molecule has 0 fully saturated rings. The average molecular weight is 329 g/mol. The van der Waals surface area contributed by atoms with E-state index in [2.05, 4.69) is 0 Å². The Bertz CT molecular complexity index is 360. The van der Waals surface area contributed by atoms with E-state index in [9.17, 15) is 0 Å². The van der Waals surface area contributed by atoms with E-state index in [4.69, 9.17) is 74.7 Å². The first-order chi connectivity index (χ1) is 6.91. The summed E-state index contributed by atoms with van der Waals surface area (Å²) in [5, 5.41) is 9.44. The summed E-state index contributed by atoms with van der Waals surface area (Å²) >= 11 is 34.9. The van der Waals surface area contributed by atoms with Gasteiger partial charge in [-0.15, -0.1) is 0 Å². The molecular weight excluding hydrogens is 325 g/mol. The number of halogens is 6. The molecule has 1 aromatic carbocycles. The normalized spacial score (nSPS) is 11.2. The van der Waals surface area contributed by atoms with E-state index in [0.717, 1.165) is 0 Å². The Morgan fingerprint density at radius 2 is 1.27 bits per heavy atom. The summed E-state index contributed by atoms with van der Waals surface area (Å²) < 4.78 is 0. The van der Waals surface area contributed by atoms with Crippen LogP contribution in [-0.2, 0) is 6.61 Å². The minimum Gasteiger partial charge on any atom is -0.392 e. The van der Waals surface area contributed by atoms with E-state index >= 15 is 0 Å². The molecule has 0 spiro atoms.